The maximum Gasteiger partial charge on any atom is 0.0801 e. The van der Waals surface area contributed by atoms with Crippen molar-refractivity contribution in [2.75, 3.05) is 6.61 Å². The summed E-state index contributed by atoms with van der Waals surface area (Å²) in [6.07, 6.45) is 0.195. The fraction of sp³-hybridized carbons (Fsp3) is 0.400. The van der Waals surface area contributed by atoms with Gasteiger partial charge in [0.1, 0.15) is 0 Å². The lowest BCUT2D eigenvalue weighted by molar-refractivity contribution is 0.0408. The molecule has 1 aromatic carbocycles. The molecule has 0 fully saturated rings. The fourth-order valence-corrected chi connectivity index (χ4v) is 1.65. The molecule has 0 saturated heterocycles. The Kier molecular flexibility index (Phi) is 1.87. The van der Waals surface area contributed by atoms with E-state index in [4.69, 9.17) is 10.5 Å². The van der Waals surface area contributed by atoms with Gasteiger partial charge < -0.3 is 10.5 Å². The van der Waals surface area contributed by atoms with Gasteiger partial charge in [-0.05, 0) is 18.1 Å². The molecule has 0 amide bonds. The molecular formula is C10H13NO. The molecule has 1 aliphatic rings. The molecule has 1 aromatic rings. The third-order valence-corrected chi connectivity index (χ3v) is 2.36. The van der Waals surface area contributed by atoms with E-state index in [-0.39, 0.29) is 12.1 Å². The van der Waals surface area contributed by atoms with Crippen molar-refractivity contribution in [2.45, 2.75) is 19.1 Å². The third-order valence-electron chi connectivity index (χ3n) is 2.36. The largest absolute Gasteiger partial charge is 0.372 e. The Morgan fingerprint density at radius 1 is 1.33 bits per heavy atom. The van der Waals surface area contributed by atoms with Crippen LogP contribution in [0.1, 0.15) is 30.2 Å². The smallest absolute Gasteiger partial charge is 0.0801 e. The number of rotatable bonds is 0. The first kappa shape index (κ1) is 7.77. The topological polar surface area (TPSA) is 35.2 Å². The minimum Gasteiger partial charge on any atom is -0.372 e. The highest BCUT2D eigenvalue weighted by Crippen LogP contribution is 2.30. The minimum absolute atomic E-state index is 0.0531. The fourth-order valence-electron chi connectivity index (χ4n) is 1.65. The van der Waals surface area contributed by atoms with Crippen molar-refractivity contribution in [2.24, 2.45) is 5.73 Å². The molecule has 0 aromatic heterocycles. The lowest BCUT2D eigenvalue weighted by Crippen LogP contribution is -2.25. The molecule has 2 nitrogen and oxygen atoms in total. The second-order valence-electron chi connectivity index (χ2n) is 3.21. The molecule has 12 heavy (non-hydrogen) atoms. The van der Waals surface area contributed by atoms with E-state index in [0.29, 0.717) is 6.61 Å². The maximum atomic E-state index is 5.88. The molecule has 2 rings (SSSR count). The van der Waals surface area contributed by atoms with Crippen LogP contribution in [0, 0.1) is 0 Å². The summed E-state index contributed by atoms with van der Waals surface area (Å²) in [7, 11) is 0. The summed E-state index contributed by atoms with van der Waals surface area (Å²) in [5, 5.41) is 0. The predicted molar refractivity (Wildman–Crippen MR) is 47.7 cm³/mol. The average Bonchev–Trinajstić information content (AvgIpc) is 2.12. The van der Waals surface area contributed by atoms with Crippen molar-refractivity contribution in [3.05, 3.63) is 35.4 Å². The van der Waals surface area contributed by atoms with Gasteiger partial charge in [-0.25, -0.2) is 0 Å². The number of fused-ring (bicyclic) bond motifs is 1. The Balaban J connectivity index is 2.47. The van der Waals surface area contributed by atoms with E-state index in [2.05, 4.69) is 19.1 Å². The third kappa shape index (κ3) is 1.13. The first-order valence-electron chi connectivity index (χ1n) is 4.25. The lowest BCUT2D eigenvalue weighted by Gasteiger charge is -2.27. The molecule has 2 N–H and O–H groups in total. The molecular weight excluding hydrogens is 150 g/mol. The number of ether oxygens (including phenoxy) is 1. The van der Waals surface area contributed by atoms with Gasteiger partial charge in [0.25, 0.3) is 0 Å². The van der Waals surface area contributed by atoms with Crippen LogP contribution in [0.25, 0.3) is 0 Å². The molecule has 2 heteroatoms. The summed E-state index contributed by atoms with van der Waals surface area (Å²) in [5.41, 5.74) is 8.35. The molecule has 64 valence electrons. The van der Waals surface area contributed by atoms with Gasteiger partial charge in [-0.3, -0.25) is 0 Å². The van der Waals surface area contributed by atoms with E-state index in [0.717, 1.165) is 0 Å². The molecule has 0 radical (unpaired) electrons. The van der Waals surface area contributed by atoms with Crippen LogP contribution in [0.5, 0.6) is 0 Å². The second kappa shape index (κ2) is 2.88. The van der Waals surface area contributed by atoms with Crippen molar-refractivity contribution < 1.29 is 4.74 Å². The Morgan fingerprint density at radius 3 is 2.67 bits per heavy atom. The van der Waals surface area contributed by atoms with E-state index >= 15 is 0 Å². The molecule has 0 aliphatic carbocycles. The first-order valence-corrected chi connectivity index (χ1v) is 4.25. The summed E-state index contributed by atoms with van der Waals surface area (Å²) in [5.74, 6) is 0. The van der Waals surface area contributed by atoms with Crippen molar-refractivity contribution in [3.63, 3.8) is 0 Å². The zero-order valence-corrected chi connectivity index (χ0v) is 7.16. The predicted octanol–water partition coefficient (Wildman–Crippen LogP) is 1.78. The van der Waals surface area contributed by atoms with Crippen LogP contribution < -0.4 is 5.73 Å². The molecule has 0 bridgehead atoms. The molecule has 1 aliphatic heterocycles. The molecule has 1 heterocycles. The van der Waals surface area contributed by atoms with Gasteiger partial charge in [-0.2, -0.15) is 0 Å². The monoisotopic (exact) mass is 163 g/mol. The van der Waals surface area contributed by atoms with Crippen LogP contribution in [0.3, 0.4) is 0 Å². The zero-order valence-electron chi connectivity index (χ0n) is 7.16. The van der Waals surface area contributed by atoms with E-state index in [9.17, 15) is 0 Å². The maximum absolute atomic E-state index is 5.88. The summed E-state index contributed by atoms with van der Waals surface area (Å²) < 4.78 is 5.49. The Hall–Kier alpha value is -0.860. The van der Waals surface area contributed by atoms with Crippen LogP contribution in [0.15, 0.2) is 24.3 Å². The standard InChI is InChI=1S/C10H13NO/c1-7-8-4-2-3-5-9(8)10(11)6-12-7/h2-5,7,10H,6,11H2,1H3/t7-,10-/m0/s1. The highest BCUT2D eigenvalue weighted by Gasteiger charge is 2.21. The average molecular weight is 163 g/mol. The van der Waals surface area contributed by atoms with Crippen molar-refractivity contribution in [3.8, 4) is 0 Å². The van der Waals surface area contributed by atoms with Gasteiger partial charge >= 0.3 is 0 Å². The lowest BCUT2D eigenvalue weighted by atomic mass is 9.95. The van der Waals surface area contributed by atoms with Crippen molar-refractivity contribution in [1.82, 2.24) is 0 Å². The molecule has 0 unspecified atom stereocenters. The Bertz CT molecular complexity index is 256. The second-order valence-corrected chi connectivity index (χ2v) is 3.21. The van der Waals surface area contributed by atoms with Gasteiger partial charge in [-0.1, -0.05) is 24.3 Å². The molecule has 2 atom stereocenters. The quantitative estimate of drug-likeness (QED) is 0.632. The van der Waals surface area contributed by atoms with Crippen molar-refractivity contribution >= 4 is 0 Å². The highest BCUT2D eigenvalue weighted by atomic mass is 16.5. The van der Waals surface area contributed by atoms with Crippen molar-refractivity contribution in [1.29, 1.82) is 0 Å². The van der Waals surface area contributed by atoms with E-state index in [1.54, 1.807) is 0 Å². The first-order chi connectivity index (χ1) is 5.79. The van der Waals surface area contributed by atoms with Gasteiger partial charge in [0.2, 0.25) is 0 Å². The Labute approximate surface area is 72.3 Å². The van der Waals surface area contributed by atoms with Crippen LogP contribution in [-0.2, 0) is 4.74 Å². The number of nitrogens with two attached hydrogens (primary N) is 1. The summed E-state index contributed by atoms with van der Waals surface area (Å²) in [6, 6.07) is 8.27. The normalized spacial score (nSPS) is 28.2. The number of benzene rings is 1. The van der Waals surface area contributed by atoms with Gasteiger partial charge in [-0.15, -0.1) is 0 Å². The van der Waals surface area contributed by atoms with Crippen LogP contribution in [0.2, 0.25) is 0 Å². The summed E-state index contributed by atoms with van der Waals surface area (Å²) in [4.78, 5) is 0. The van der Waals surface area contributed by atoms with Gasteiger partial charge in [0.15, 0.2) is 0 Å². The van der Waals surface area contributed by atoms with E-state index in [1.807, 2.05) is 12.1 Å². The zero-order chi connectivity index (χ0) is 8.55. The van der Waals surface area contributed by atoms with Crippen LogP contribution in [-0.4, -0.2) is 6.61 Å². The molecule has 0 spiro atoms. The molecule has 0 saturated carbocycles. The summed E-state index contributed by atoms with van der Waals surface area (Å²) >= 11 is 0. The van der Waals surface area contributed by atoms with Crippen LogP contribution >= 0.6 is 0 Å². The Morgan fingerprint density at radius 2 is 2.00 bits per heavy atom. The van der Waals surface area contributed by atoms with E-state index < -0.39 is 0 Å². The van der Waals surface area contributed by atoms with E-state index in [1.165, 1.54) is 11.1 Å². The SMILES string of the molecule is C[C@@H]1OC[C@H](N)c2ccccc21. The van der Waals surface area contributed by atoms with Gasteiger partial charge in [0, 0.05) is 0 Å². The number of hydrogen-bond donors (Lipinski definition) is 1. The minimum atomic E-state index is 0.0531. The van der Waals surface area contributed by atoms with Crippen LogP contribution in [0.4, 0.5) is 0 Å². The number of hydrogen-bond acceptors (Lipinski definition) is 2. The summed E-state index contributed by atoms with van der Waals surface area (Å²) in [6.45, 7) is 2.70. The highest BCUT2D eigenvalue weighted by molar-refractivity contribution is 5.32. The van der Waals surface area contributed by atoms with Gasteiger partial charge in [0.05, 0.1) is 18.8 Å².